The zero-order valence-electron chi connectivity index (χ0n) is 12.3. The SMILES string of the molecule is CC1CC(N2CCCC2(C)C)C(O)c2ccccc21. The van der Waals surface area contributed by atoms with Crippen LogP contribution < -0.4 is 0 Å². The zero-order chi connectivity index (χ0) is 13.6. The van der Waals surface area contributed by atoms with E-state index >= 15 is 0 Å². The summed E-state index contributed by atoms with van der Waals surface area (Å²) >= 11 is 0. The van der Waals surface area contributed by atoms with Crippen molar-refractivity contribution in [1.82, 2.24) is 4.90 Å². The monoisotopic (exact) mass is 259 g/mol. The Morgan fingerprint density at radius 1 is 1.21 bits per heavy atom. The molecular weight excluding hydrogens is 234 g/mol. The molecule has 1 aliphatic heterocycles. The molecule has 0 aromatic heterocycles. The Balaban J connectivity index is 1.94. The average molecular weight is 259 g/mol. The third-order valence-electron chi connectivity index (χ3n) is 5.17. The molecule has 1 saturated heterocycles. The number of rotatable bonds is 1. The number of hydrogen-bond acceptors (Lipinski definition) is 2. The first-order valence-corrected chi connectivity index (χ1v) is 7.54. The van der Waals surface area contributed by atoms with Gasteiger partial charge in [0, 0.05) is 11.6 Å². The number of likely N-dealkylation sites (tertiary alicyclic amines) is 1. The minimum atomic E-state index is -0.329. The number of aliphatic hydroxyl groups is 1. The molecule has 1 fully saturated rings. The van der Waals surface area contributed by atoms with Gasteiger partial charge in [0.25, 0.3) is 0 Å². The van der Waals surface area contributed by atoms with E-state index in [2.05, 4.69) is 43.9 Å². The van der Waals surface area contributed by atoms with Gasteiger partial charge in [-0.25, -0.2) is 0 Å². The number of benzene rings is 1. The maximum Gasteiger partial charge on any atom is 0.0948 e. The van der Waals surface area contributed by atoms with Crippen LogP contribution in [0.15, 0.2) is 24.3 Å². The minimum absolute atomic E-state index is 0.234. The Morgan fingerprint density at radius 3 is 2.53 bits per heavy atom. The van der Waals surface area contributed by atoms with E-state index in [1.165, 1.54) is 18.4 Å². The van der Waals surface area contributed by atoms with Gasteiger partial charge in [-0.05, 0) is 56.7 Å². The van der Waals surface area contributed by atoms with Crippen molar-refractivity contribution in [3.63, 3.8) is 0 Å². The molecule has 1 aromatic rings. The summed E-state index contributed by atoms with van der Waals surface area (Å²) in [4.78, 5) is 2.55. The van der Waals surface area contributed by atoms with Crippen molar-refractivity contribution < 1.29 is 5.11 Å². The molecule has 0 spiro atoms. The maximum absolute atomic E-state index is 10.8. The van der Waals surface area contributed by atoms with Crippen LogP contribution in [0.3, 0.4) is 0 Å². The first-order chi connectivity index (χ1) is 9.00. The van der Waals surface area contributed by atoms with Gasteiger partial charge >= 0.3 is 0 Å². The van der Waals surface area contributed by atoms with Crippen LogP contribution in [0.4, 0.5) is 0 Å². The van der Waals surface area contributed by atoms with E-state index in [1.807, 2.05) is 6.07 Å². The van der Waals surface area contributed by atoms with Crippen molar-refractivity contribution in [3.8, 4) is 0 Å². The van der Waals surface area contributed by atoms with Gasteiger partial charge in [0.2, 0.25) is 0 Å². The molecule has 3 atom stereocenters. The van der Waals surface area contributed by atoms with Crippen LogP contribution in [-0.4, -0.2) is 28.1 Å². The maximum atomic E-state index is 10.8. The highest BCUT2D eigenvalue weighted by Crippen LogP contribution is 2.43. The van der Waals surface area contributed by atoms with Gasteiger partial charge in [-0.1, -0.05) is 31.2 Å². The lowest BCUT2D eigenvalue weighted by molar-refractivity contribution is 0.000147. The van der Waals surface area contributed by atoms with Gasteiger partial charge in [0.1, 0.15) is 0 Å². The molecule has 104 valence electrons. The molecule has 1 aromatic carbocycles. The van der Waals surface area contributed by atoms with Crippen molar-refractivity contribution in [2.45, 2.75) is 63.6 Å². The van der Waals surface area contributed by atoms with E-state index in [4.69, 9.17) is 0 Å². The zero-order valence-corrected chi connectivity index (χ0v) is 12.3. The van der Waals surface area contributed by atoms with Crippen LogP contribution >= 0.6 is 0 Å². The standard InChI is InChI=1S/C17H25NO/c1-12-11-15(18-10-6-9-17(18,2)3)16(19)14-8-5-4-7-13(12)14/h4-5,7-8,12,15-16,19H,6,9-11H2,1-3H3. The Hall–Kier alpha value is -0.860. The van der Waals surface area contributed by atoms with Crippen LogP contribution in [0.1, 0.15) is 63.2 Å². The van der Waals surface area contributed by atoms with Gasteiger partial charge in [0.05, 0.1) is 6.10 Å². The second kappa shape index (κ2) is 4.60. The summed E-state index contributed by atoms with van der Waals surface area (Å²) in [6, 6.07) is 8.69. The quantitative estimate of drug-likeness (QED) is 0.834. The second-order valence-corrected chi connectivity index (χ2v) is 6.89. The molecule has 0 bridgehead atoms. The van der Waals surface area contributed by atoms with Crippen molar-refractivity contribution in [2.75, 3.05) is 6.54 Å². The molecule has 0 amide bonds. The topological polar surface area (TPSA) is 23.5 Å². The molecule has 0 saturated carbocycles. The fourth-order valence-corrected chi connectivity index (χ4v) is 4.10. The van der Waals surface area contributed by atoms with Crippen molar-refractivity contribution in [3.05, 3.63) is 35.4 Å². The summed E-state index contributed by atoms with van der Waals surface area (Å²) < 4.78 is 0. The van der Waals surface area contributed by atoms with Gasteiger partial charge in [-0.3, -0.25) is 4.90 Å². The lowest BCUT2D eigenvalue weighted by atomic mass is 9.78. The third kappa shape index (κ3) is 2.11. The third-order valence-corrected chi connectivity index (χ3v) is 5.17. The summed E-state index contributed by atoms with van der Waals surface area (Å²) in [7, 11) is 0. The van der Waals surface area contributed by atoms with Gasteiger partial charge < -0.3 is 5.11 Å². The van der Waals surface area contributed by atoms with Gasteiger partial charge in [-0.15, -0.1) is 0 Å². The van der Waals surface area contributed by atoms with E-state index in [0.717, 1.165) is 18.5 Å². The van der Waals surface area contributed by atoms with Crippen LogP contribution in [0.2, 0.25) is 0 Å². The van der Waals surface area contributed by atoms with Crippen LogP contribution in [0.25, 0.3) is 0 Å². The Bertz CT molecular complexity index is 468. The molecule has 1 aliphatic carbocycles. The first kappa shape index (κ1) is 13.1. The average Bonchev–Trinajstić information content (AvgIpc) is 2.73. The molecule has 0 radical (unpaired) electrons. The van der Waals surface area contributed by atoms with Crippen molar-refractivity contribution >= 4 is 0 Å². The second-order valence-electron chi connectivity index (χ2n) is 6.89. The Morgan fingerprint density at radius 2 is 1.89 bits per heavy atom. The van der Waals surface area contributed by atoms with E-state index in [1.54, 1.807) is 0 Å². The molecule has 1 N–H and O–H groups in total. The van der Waals surface area contributed by atoms with E-state index in [-0.39, 0.29) is 17.7 Å². The number of aliphatic hydroxyl groups excluding tert-OH is 1. The summed E-state index contributed by atoms with van der Waals surface area (Å²) in [6.45, 7) is 8.06. The van der Waals surface area contributed by atoms with Crippen molar-refractivity contribution in [2.24, 2.45) is 0 Å². The van der Waals surface area contributed by atoms with Crippen molar-refractivity contribution in [1.29, 1.82) is 0 Å². The van der Waals surface area contributed by atoms with E-state index < -0.39 is 0 Å². The predicted octanol–water partition coefficient (Wildman–Crippen LogP) is 3.47. The van der Waals surface area contributed by atoms with Crippen LogP contribution in [0, 0.1) is 0 Å². The highest BCUT2D eigenvalue weighted by atomic mass is 16.3. The summed E-state index contributed by atoms with van der Waals surface area (Å²) in [5.41, 5.74) is 2.72. The summed E-state index contributed by atoms with van der Waals surface area (Å²) in [5, 5.41) is 10.8. The van der Waals surface area contributed by atoms with E-state index in [9.17, 15) is 5.11 Å². The number of hydrogen-bond donors (Lipinski definition) is 1. The van der Waals surface area contributed by atoms with Crippen LogP contribution in [0.5, 0.6) is 0 Å². The van der Waals surface area contributed by atoms with Crippen LogP contribution in [-0.2, 0) is 0 Å². The molecule has 3 unspecified atom stereocenters. The fourth-order valence-electron chi connectivity index (χ4n) is 4.10. The highest BCUT2D eigenvalue weighted by molar-refractivity contribution is 5.35. The molecule has 19 heavy (non-hydrogen) atoms. The predicted molar refractivity (Wildman–Crippen MR) is 78.2 cm³/mol. The summed E-state index contributed by atoms with van der Waals surface area (Å²) in [6.07, 6.45) is 3.24. The fraction of sp³-hybridized carbons (Fsp3) is 0.647. The minimum Gasteiger partial charge on any atom is -0.387 e. The Labute approximate surface area is 116 Å². The molecule has 2 heteroatoms. The smallest absolute Gasteiger partial charge is 0.0948 e. The summed E-state index contributed by atoms with van der Waals surface area (Å²) in [5.74, 6) is 0.543. The molecular formula is C17H25NO. The molecule has 2 aliphatic rings. The molecule has 1 heterocycles. The first-order valence-electron chi connectivity index (χ1n) is 7.54. The molecule has 3 rings (SSSR count). The highest BCUT2D eigenvalue weighted by Gasteiger charge is 2.43. The number of fused-ring (bicyclic) bond motifs is 1. The number of nitrogens with zero attached hydrogens (tertiary/aromatic N) is 1. The molecule has 2 nitrogen and oxygen atoms in total. The lowest BCUT2D eigenvalue weighted by Gasteiger charge is -2.45. The normalized spacial score (nSPS) is 34.2. The Kier molecular flexibility index (Phi) is 3.18. The van der Waals surface area contributed by atoms with E-state index in [0.29, 0.717) is 5.92 Å². The largest absolute Gasteiger partial charge is 0.387 e. The lowest BCUT2D eigenvalue weighted by Crippen LogP contribution is -2.50. The van der Waals surface area contributed by atoms with Gasteiger partial charge in [0.15, 0.2) is 0 Å². The van der Waals surface area contributed by atoms with Gasteiger partial charge in [-0.2, -0.15) is 0 Å².